The van der Waals surface area contributed by atoms with Crippen molar-refractivity contribution in [3.05, 3.63) is 35.6 Å². The highest BCUT2D eigenvalue weighted by Crippen LogP contribution is 2.29. The summed E-state index contributed by atoms with van der Waals surface area (Å²) < 4.78 is 36.7. The Bertz CT molecular complexity index is 668. The van der Waals surface area contributed by atoms with Gasteiger partial charge in [0.15, 0.2) is 9.84 Å². The Balaban J connectivity index is 2.12. The number of halogens is 1. The molecule has 1 unspecified atom stereocenters. The van der Waals surface area contributed by atoms with E-state index < -0.39 is 15.3 Å². The molecule has 0 bridgehead atoms. The number of carbonyl (C=O) groups is 1. The van der Waals surface area contributed by atoms with E-state index >= 15 is 0 Å². The third-order valence-corrected chi connectivity index (χ3v) is 6.32. The van der Waals surface area contributed by atoms with Gasteiger partial charge in [-0.3, -0.25) is 4.79 Å². The molecule has 23 heavy (non-hydrogen) atoms. The Kier molecular flexibility index (Phi) is 5.14. The van der Waals surface area contributed by atoms with Crippen LogP contribution in [-0.2, 0) is 20.0 Å². The van der Waals surface area contributed by atoms with Gasteiger partial charge in [0.2, 0.25) is 5.91 Å². The first-order chi connectivity index (χ1) is 10.6. The highest BCUT2D eigenvalue weighted by molar-refractivity contribution is 7.91. The lowest BCUT2D eigenvalue weighted by Gasteiger charge is -2.31. The molecular weight excluding hydrogens is 317 g/mol. The molecule has 1 atom stereocenters. The van der Waals surface area contributed by atoms with Crippen LogP contribution in [0.5, 0.6) is 0 Å². The Morgan fingerprint density at radius 3 is 2.52 bits per heavy atom. The van der Waals surface area contributed by atoms with Gasteiger partial charge in [-0.1, -0.05) is 26.0 Å². The number of carbonyl (C=O) groups excluding carboxylic acids is 1. The zero-order chi connectivity index (χ0) is 17.3. The van der Waals surface area contributed by atoms with Crippen LogP contribution in [0.2, 0.25) is 0 Å². The molecule has 0 N–H and O–H groups in total. The minimum Gasteiger partial charge on any atom is -0.339 e. The molecule has 1 heterocycles. The second kappa shape index (κ2) is 6.59. The molecule has 1 amide bonds. The standard InChI is InChI=1S/C17H24FNO3S/c1-13-12-23(21,22)10-4-9-19(13)16(20)11-17(2,3)14-5-7-15(18)8-6-14/h5-8,13H,4,9-12H2,1-3H3. The lowest BCUT2D eigenvalue weighted by molar-refractivity contribution is -0.133. The van der Waals surface area contributed by atoms with E-state index in [1.807, 2.05) is 13.8 Å². The maximum atomic E-state index is 13.1. The molecule has 0 saturated carbocycles. The van der Waals surface area contributed by atoms with Gasteiger partial charge in [-0.25, -0.2) is 12.8 Å². The van der Waals surface area contributed by atoms with Crippen LogP contribution in [0.15, 0.2) is 24.3 Å². The summed E-state index contributed by atoms with van der Waals surface area (Å²) >= 11 is 0. The molecule has 0 aliphatic carbocycles. The Labute approximate surface area is 137 Å². The van der Waals surface area contributed by atoms with Crippen LogP contribution < -0.4 is 0 Å². The highest BCUT2D eigenvalue weighted by Gasteiger charge is 2.32. The van der Waals surface area contributed by atoms with Crippen molar-refractivity contribution in [2.75, 3.05) is 18.1 Å². The number of hydrogen-bond donors (Lipinski definition) is 0. The summed E-state index contributed by atoms with van der Waals surface area (Å²) in [5.41, 5.74) is 0.456. The molecule has 1 aliphatic heterocycles. The van der Waals surface area contributed by atoms with E-state index in [4.69, 9.17) is 0 Å². The summed E-state index contributed by atoms with van der Waals surface area (Å²) in [6.45, 7) is 6.14. The van der Waals surface area contributed by atoms with Gasteiger partial charge in [0.25, 0.3) is 0 Å². The van der Waals surface area contributed by atoms with Crippen LogP contribution in [0.3, 0.4) is 0 Å². The van der Waals surface area contributed by atoms with Gasteiger partial charge >= 0.3 is 0 Å². The van der Waals surface area contributed by atoms with Crippen molar-refractivity contribution in [2.45, 2.75) is 45.1 Å². The van der Waals surface area contributed by atoms with Crippen LogP contribution in [0, 0.1) is 5.82 Å². The van der Waals surface area contributed by atoms with E-state index in [0.29, 0.717) is 13.0 Å². The third-order valence-electron chi connectivity index (χ3n) is 4.42. The fraction of sp³-hybridized carbons (Fsp3) is 0.588. The molecule has 1 fully saturated rings. The van der Waals surface area contributed by atoms with Crippen molar-refractivity contribution in [1.82, 2.24) is 4.90 Å². The fourth-order valence-corrected chi connectivity index (χ4v) is 4.72. The van der Waals surface area contributed by atoms with Gasteiger partial charge in [-0.05, 0) is 36.5 Å². The zero-order valence-electron chi connectivity index (χ0n) is 13.9. The van der Waals surface area contributed by atoms with Crippen molar-refractivity contribution >= 4 is 15.7 Å². The monoisotopic (exact) mass is 341 g/mol. The van der Waals surface area contributed by atoms with E-state index in [-0.39, 0.29) is 35.7 Å². The van der Waals surface area contributed by atoms with Crippen LogP contribution in [0.1, 0.15) is 39.2 Å². The summed E-state index contributed by atoms with van der Waals surface area (Å²) in [4.78, 5) is 14.4. The number of amides is 1. The van der Waals surface area contributed by atoms with Gasteiger partial charge in [-0.2, -0.15) is 0 Å². The van der Waals surface area contributed by atoms with Gasteiger partial charge in [0.1, 0.15) is 5.82 Å². The molecule has 0 spiro atoms. The van der Waals surface area contributed by atoms with Gasteiger partial charge in [0, 0.05) is 19.0 Å². The van der Waals surface area contributed by atoms with Crippen molar-refractivity contribution in [3.63, 3.8) is 0 Å². The van der Waals surface area contributed by atoms with Crippen molar-refractivity contribution < 1.29 is 17.6 Å². The second-order valence-corrected chi connectivity index (χ2v) is 9.20. The average Bonchev–Trinajstić information content (AvgIpc) is 2.55. The third kappa shape index (κ3) is 4.53. The Morgan fingerprint density at radius 2 is 1.91 bits per heavy atom. The Hall–Kier alpha value is -1.43. The topological polar surface area (TPSA) is 54.5 Å². The second-order valence-electron chi connectivity index (χ2n) is 6.97. The molecule has 1 saturated heterocycles. The first kappa shape index (κ1) is 17.9. The molecule has 2 rings (SSSR count). The predicted octanol–water partition coefficient (Wildman–Crippen LogP) is 2.53. The van der Waals surface area contributed by atoms with E-state index in [9.17, 15) is 17.6 Å². The number of nitrogens with zero attached hydrogens (tertiary/aromatic N) is 1. The summed E-state index contributed by atoms with van der Waals surface area (Å²) in [5, 5.41) is 0. The minimum atomic E-state index is -3.07. The molecule has 128 valence electrons. The number of rotatable bonds is 3. The average molecular weight is 341 g/mol. The maximum absolute atomic E-state index is 13.1. The van der Waals surface area contributed by atoms with E-state index in [0.717, 1.165) is 5.56 Å². The van der Waals surface area contributed by atoms with Crippen LogP contribution in [0.4, 0.5) is 4.39 Å². The van der Waals surface area contributed by atoms with Crippen LogP contribution in [-0.4, -0.2) is 43.3 Å². The maximum Gasteiger partial charge on any atom is 0.223 e. The highest BCUT2D eigenvalue weighted by atomic mass is 32.2. The minimum absolute atomic E-state index is 0.0235. The van der Waals surface area contributed by atoms with E-state index in [2.05, 4.69) is 0 Å². The summed E-state index contributed by atoms with van der Waals surface area (Å²) in [5.74, 6) is -0.191. The quantitative estimate of drug-likeness (QED) is 0.849. The summed E-state index contributed by atoms with van der Waals surface area (Å²) in [6, 6.07) is 5.86. The van der Waals surface area contributed by atoms with Crippen molar-refractivity contribution in [1.29, 1.82) is 0 Å². The number of hydrogen-bond acceptors (Lipinski definition) is 3. The predicted molar refractivity (Wildman–Crippen MR) is 88.5 cm³/mol. The van der Waals surface area contributed by atoms with E-state index in [1.165, 1.54) is 12.1 Å². The van der Waals surface area contributed by atoms with Crippen LogP contribution in [0.25, 0.3) is 0 Å². The van der Waals surface area contributed by atoms with Gasteiger partial charge < -0.3 is 4.90 Å². The fourth-order valence-electron chi connectivity index (χ4n) is 3.07. The lowest BCUT2D eigenvalue weighted by atomic mass is 9.81. The summed E-state index contributed by atoms with van der Waals surface area (Å²) in [7, 11) is -3.07. The molecule has 0 radical (unpaired) electrons. The summed E-state index contributed by atoms with van der Waals surface area (Å²) in [6.07, 6.45) is 0.748. The normalized spacial score (nSPS) is 21.7. The van der Waals surface area contributed by atoms with Gasteiger partial charge in [-0.15, -0.1) is 0 Å². The molecule has 1 aromatic carbocycles. The van der Waals surface area contributed by atoms with Crippen molar-refractivity contribution in [2.24, 2.45) is 0 Å². The number of benzene rings is 1. The Morgan fingerprint density at radius 1 is 1.30 bits per heavy atom. The molecular formula is C17H24FNO3S. The molecule has 4 nitrogen and oxygen atoms in total. The van der Waals surface area contributed by atoms with Gasteiger partial charge in [0.05, 0.1) is 11.5 Å². The molecule has 1 aromatic rings. The van der Waals surface area contributed by atoms with Crippen molar-refractivity contribution in [3.8, 4) is 0 Å². The molecule has 0 aromatic heterocycles. The van der Waals surface area contributed by atoms with E-state index in [1.54, 1.807) is 24.0 Å². The van der Waals surface area contributed by atoms with Crippen LogP contribution >= 0.6 is 0 Å². The first-order valence-corrected chi connectivity index (χ1v) is 9.69. The zero-order valence-corrected chi connectivity index (χ0v) is 14.7. The largest absolute Gasteiger partial charge is 0.339 e. The number of sulfone groups is 1. The SMILES string of the molecule is CC1CS(=O)(=O)CCCN1C(=O)CC(C)(C)c1ccc(F)cc1. The smallest absolute Gasteiger partial charge is 0.223 e. The lowest BCUT2D eigenvalue weighted by Crippen LogP contribution is -2.43. The first-order valence-electron chi connectivity index (χ1n) is 7.87. The molecule has 6 heteroatoms. The molecule has 1 aliphatic rings.